The van der Waals surface area contributed by atoms with Gasteiger partial charge in [-0.05, 0) is 36.4 Å². The van der Waals surface area contributed by atoms with E-state index in [4.69, 9.17) is 9.47 Å². The van der Waals surface area contributed by atoms with Gasteiger partial charge in [0.2, 0.25) is 5.91 Å². The molecule has 0 saturated carbocycles. The van der Waals surface area contributed by atoms with Crippen LogP contribution in [0, 0.1) is 0 Å². The van der Waals surface area contributed by atoms with E-state index in [1.165, 1.54) is 7.11 Å². The van der Waals surface area contributed by atoms with E-state index < -0.39 is 0 Å². The number of benzene rings is 2. The second-order valence-corrected chi connectivity index (χ2v) is 4.71. The predicted octanol–water partition coefficient (Wildman–Crippen LogP) is 2.53. The zero-order chi connectivity index (χ0) is 16.7. The van der Waals surface area contributed by atoms with E-state index in [0.29, 0.717) is 22.7 Å². The van der Waals surface area contributed by atoms with Crippen LogP contribution in [-0.2, 0) is 9.53 Å². The van der Waals surface area contributed by atoms with E-state index >= 15 is 0 Å². The highest BCUT2D eigenvalue weighted by Crippen LogP contribution is 2.23. The molecule has 2 rings (SSSR count). The van der Waals surface area contributed by atoms with Crippen molar-refractivity contribution in [1.82, 2.24) is 0 Å². The quantitative estimate of drug-likeness (QED) is 0.859. The number of anilines is 2. The molecule has 2 N–H and O–H groups in total. The van der Waals surface area contributed by atoms with Gasteiger partial charge in [-0.25, -0.2) is 0 Å². The largest absolute Gasteiger partial charge is 0.495 e. The summed E-state index contributed by atoms with van der Waals surface area (Å²) in [5.74, 6) is 0.0762. The van der Waals surface area contributed by atoms with Crippen LogP contribution in [0.2, 0.25) is 0 Å². The average Bonchev–Trinajstić information content (AvgIpc) is 2.56. The third-order valence-electron chi connectivity index (χ3n) is 3.06. The molecule has 2 aromatic carbocycles. The number of carbonyl (C=O) groups excluding carboxylic acids is 2. The van der Waals surface area contributed by atoms with Crippen LogP contribution < -0.4 is 15.4 Å². The van der Waals surface area contributed by atoms with Crippen LogP contribution in [0.3, 0.4) is 0 Å². The van der Waals surface area contributed by atoms with Crippen molar-refractivity contribution in [3.8, 4) is 5.75 Å². The van der Waals surface area contributed by atoms with Crippen molar-refractivity contribution in [2.45, 2.75) is 0 Å². The molecule has 0 heterocycles. The third kappa shape index (κ3) is 4.55. The van der Waals surface area contributed by atoms with E-state index in [-0.39, 0.29) is 18.4 Å². The van der Waals surface area contributed by atoms with E-state index in [2.05, 4.69) is 10.6 Å². The van der Waals surface area contributed by atoms with Crippen molar-refractivity contribution in [2.75, 3.05) is 31.5 Å². The number of nitrogens with one attached hydrogen (secondary N) is 2. The first-order chi connectivity index (χ1) is 11.1. The van der Waals surface area contributed by atoms with Crippen molar-refractivity contribution >= 4 is 23.2 Å². The summed E-state index contributed by atoms with van der Waals surface area (Å²) in [5, 5.41) is 5.45. The molecule has 0 atom stereocenters. The first-order valence-electron chi connectivity index (χ1n) is 6.97. The van der Waals surface area contributed by atoms with Crippen LogP contribution in [-0.4, -0.2) is 32.6 Å². The fraction of sp³-hybridized carbons (Fsp3) is 0.176. The first-order valence-corrected chi connectivity index (χ1v) is 6.97. The number of rotatable bonds is 6. The minimum Gasteiger partial charge on any atom is -0.495 e. The fourth-order valence-corrected chi connectivity index (χ4v) is 1.98. The Morgan fingerprint density at radius 3 is 2.30 bits per heavy atom. The Bertz CT molecular complexity index is 683. The maximum Gasteiger partial charge on any atom is 0.255 e. The summed E-state index contributed by atoms with van der Waals surface area (Å²) in [5.41, 5.74) is 1.67. The molecule has 23 heavy (non-hydrogen) atoms. The van der Waals surface area contributed by atoms with Gasteiger partial charge in [-0.15, -0.1) is 0 Å². The fourth-order valence-electron chi connectivity index (χ4n) is 1.98. The molecule has 0 radical (unpaired) electrons. The molecule has 0 aliphatic rings. The second-order valence-electron chi connectivity index (χ2n) is 4.71. The minimum atomic E-state index is -0.260. The van der Waals surface area contributed by atoms with Gasteiger partial charge in [0, 0.05) is 18.4 Å². The molecule has 6 nitrogen and oxygen atoms in total. The zero-order valence-corrected chi connectivity index (χ0v) is 13.0. The van der Waals surface area contributed by atoms with Crippen LogP contribution in [0.5, 0.6) is 5.75 Å². The molecule has 0 bridgehead atoms. The Balaban J connectivity index is 2.04. The normalized spacial score (nSPS) is 10.0. The lowest BCUT2D eigenvalue weighted by Gasteiger charge is -2.10. The lowest BCUT2D eigenvalue weighted by atomic mass is 10.2. The Labute approximate surface area is 134 Å². The number of hydrogen-bond acceptors (Lipinski definition) is 4. The van der Waals surface area contributed by atoms with Crippen LogP contribution in [0.15, 0.2) is 48.5 Å². The first kappa shape index (κ1) is 16.5. The van der Waals surface area contributed by atoms with Gasteiger partial charge in [0.15, 0.2) is 0 Å². The summed E-state index contributed by atoms with van der Waals surface area (Å²) in [4.78, 5) is 23.7. The molecule has 2 aromatic rings. The number of hydrogen-bond donors (Lipinski definition) is 2. The van der Waals surface area contributed by atoms with Gasteiger partial charge in [-0.3, -0.25) is 9.59 Å². The van der Waals surface area contributed by atoms with E-state index in [1.807, 2.05) is 12.1 Å². The Hall–Kier alpha value is -2.86. The molecular weight excluding hydrogens is 296 g/mol. The van der Waals surface area contributed by atoms with Crippen molar-refractivity contribution in [1.29, 1.82) is 0 Å². The van der Waals surface area contributed by atoms with Gasteiger partial charge < -0.3 is 20.1 Å². The second kappa shape index (κ2) is 7.95. The lowest BCUT2D eigenvalue weighted by molar-refractivity contribution is -0.119. The molecule has 0 spiro atoms. The van der Waals surface area contributed by atoms with E-state index in [9.17, 15) is 9.59 Å². The summed E-state index contributed by atoms with van der Waals surface area (Å²) in [7, 11) is 2.99. The Morgan fingerprint density at radius 2 is 1.65 bits per heavy atom. The highest BCUT2D eigenvalue weighted by Gasteiger charge is 2.09. The SMILES string of the molecule is COCC(=O)Nc1ccc(C(=O)Nc2ccccc2OC)cc1. The Morgan fingerprint density at radius 1 is 0.957 bits per heavy atom. The van der Waals surface area contributed by atoms with Crippen LogP contribution >= 0.6 is 0 Å². The summed E-state index contributed by atoms with van der Waals surface area (Å²) in [6.07, 6.45) is 0. The smallest absolute Gasteiger partial charge is 0.255 e. The highest BCUT2D eigenvalue weighted by molar-refractivity contribution is 6.05. The average molecular weight is 314 g/mol. The molecule has 0 aliphatic carbocycles. The summed E-state index contributed by atoms with van der Waals surface area (Å²) in [6, 6.07) is 13.7. The van der Waals surface area contributed by atoms with Crippen molar-refractivity contribution in [3.05, 3.63) is 54.1 Å². The van der Waals surface area contributed by atoms with Gasteiger partial charge in [-0.1, -0.05) is 12.1 Å². The molecule has 0 aromatic heterocycles. The van der Waals surface area contributed by atoms with Gasteiger partial charge in [-0.2, -0.15) is 0 Å². The van der Waals surface area contributed by atoms with Gasteiger partial charge in [0.25, 0.3) is 5.91 Å². The molecule has 0 aliphatic heterocycles. The van der Waals surface area contributed by atoms with Gasteiger partial charge in [0.05, 0.1) is 12.8 Å². The molecule has 0 fully saturated rings. The Kier molecular flexibility index (Phi) is 5.71. The summed E-state index contributed by atoms with van der Waals surface area (Å²) in [6.45, 7) is -0.0178. The summed E-state index contributed by atoms with van der Waals surface area (Å²) < 4.78 is 9.93. The maximum absolute atomic E-state index is 12.2. The molecule has 120 valence electrons. The highest BCUT2D eigenvalue weighted by atomic mass is 16.5. The molecular formula is C17H18N2O4. The van der Waals surface area contributed by atoms with E-state index in [1.54, 1.807) is 43.5 Å². The van der Waals surface area contributed by atoms with Gasteiger partial charge >= 0.3 is 0 Å². The number of carbonyl (C=O) groups is 2. The number of methoxy groups -OCH3 is 2. The molecule has 2 amide bonds. The minimum absolute atomic E-state index is 0.0178. The van der Waals surface area contributed by atoms with E-state index in [0.717, 1.165) is 0 Å². The zero-order valence-electron chi connectivity index (χ0n) is 13.0. The van der Waals surface area contributed by atoms with Gasteiger partial charge in [0.1, 0.15) is 12.4 Å². The van der Waals surface area contributed by atoms with Crippen molar-refractivity contribution < 1.29 is 19.1 Å². The standard InChI is InChI=1S/C17H18N2O4/c1-22-11-16(20)18-13-9-7-12(8-10-13)17(21)19-14-5-3-4-6-15(14)23-2/h3-10H,11H2,1-2H3,(H,18,20)(H,19,21). The maximum atomic E-state index is 12.2. The topological polar surface area (TPSA) is 76.7 Å². The van der Waals surface area contributed by atoms with Crippen molar-refractivity contribution in [2.24, 2.45) is 0 Å². The van der Waals surface area contributed by atoms with Crippen molar-refractivity contribution in [3.63, 3.8) is 0 Å². The predicted molar refractivity (Wildman–Crippen MR) is 87.9 cm³/mol. The number of amides is 2. The lowest BCUT2D eigenvalue weighted by Crippen LogP contribution is -2.17. The number of ether oxygens (including phenoxy) is 2. The molecule has 0 saturated heterocycles. The van der Waals surface area contributed by atoms with Crippen LogP contribution in [0.25, 0.3) is 0 Å². The molecule has 0 unspecified atom stereocenters. The number of para-hydroxylation sites is 2. The monoisotopic (exact) mass is 314 g/mol. The summed E-state index contributed by atoms with van der Waals surface area (Å²) >= 11 is 0. The molecule has 6 heteroatoms. The van der Waals surface area contributed by atoms with Crippen LogP contribution in [0.4, 0.5) is 11.4 Å². The van der Waals surface area contributed by atoms with Crippen LogP contribution in [0.1, 0.15) is 10.4 Å². The third-order valence-corrected chi connectivity index (χ3v) is 3.06.